The number of anilines is 1. The third-order valence-electron chi connectivity index (χ3n) is 4.44. The van der Waals surface area contributed by atoms with Crippen molar-refractivity contribution in [3.8, 4) is 0 Å². The largest absolute Gasteiger partial charge is 0.320 e. The lowest BCUT2D eigenvalue weighted by Crippen LogP contribution is -2.30. The molecule has 1 aromatic carbocycles. The Balaban J connectivity index is 1.80. The Morgan fingerprint density at radius 2 is 2.00 bits per heavy atom. The highest BCUT2D eigenvalue weighted by Gasteiger charge is 2.23. The standard InChI is InChI=1S/C17H23N5O/c1-11-4-5-12(2)15(10-11)19-17(23)16-13(3)22(21-20-16)14-6-8-18-9-7-14/h4-5,10,14,18H,6-9H2,1-3H3,(H,19,23). The van der Waals surface area contributed by atoms with Crippen LogP contribution in [0, 0.1) is 20.8 Å². The molecule has 0 unspecified atom stereocenters. The third kappa shape index (κ3) is 3.27. The molecule has 6 heteroatoms. The van der Waals surface area contributed by atoms with Crippen LogP contribution in [0.2, 0.25) is 0 Å². The molecule has 1 amide bonds. The van der Waals surface area contributed by atoms with Crippen molar-refractivity contribution in [2.75, 3.05) is 18.4 Å². The lowest BCUT2D eigenvalue weighted by molar-refractivity contribution is 0.102. The van der Waals surface area contributed by atoms with E-state index in [1.54, 1.807) is 0 Å². The summed E-state index contributed by atoms with van der Waals surface area (Å²) in [6, 6.07) is 6.33. The molecule has 122 valence electrons. The van der Waals surface area contributed by atoms with E-state index in [0.29, 0.717) is 11.7 Å². The van der Waals surface area contributed by atoms with Gasteiger partial charge in [0.1, 0.15) is 0 Å². The first-order valence-corrected chi connectivity index (χ1v) is 8.07. The van der Waals surface area contributed by atoms with E-state index in [9.17, 15) is 4.79 Å². The van der Waals surface area contributed by atoms with Crippen LogP contribution in [0.1, 0.15) is 46.2 Å². The van der Waals surface area contributed by atoms with Crippen molar-refractivity contribution in [1.29, 1.82) is 0 Å². The highest BCUT2D eigenvalue weighted by atomic mass is 16.2. The number of rotatable bonds is 3. The molecule has 2 heterocycles. The number of aryl methyl sites for hydroxylation is 2. The van der Waals surface area contributed by atoms with Gasteiger partial charge in [0.05, 0.1) is 11.7 Å². The van der Waals surface area contributed by atoms with E-state index in [1.807, 2.05) is 43.7 Å². The number of hydrogen-bond donors (Lipinski definition) is 2. The van der Waals surface area contributed by atoms with Crippen LogP contribution in [-0.4, -0.2) is 34.0 Å². The number of aromatic nitrogens is 3. The third-order valence-corrected chi connectivity index (χ3v) is 4.44. The number of carbonyl (C=O) groups is 1. The zero-order chi connectivity index (χ0) is 16.4. The predicted octanol–water partition coefficient (Wildman–Crippen LogP) is 2.38. The zero-order valence-corrected chi connectivity index (χ0v) is 13.9. The van der Waals surface area contributed by atoms with Crippen LogP contribution in [-0.2, 0) is 0 Å². The second-order valence-electron chi connectivity index (χ2n) is 6.22. The van der Waals surface area contributed by atoms with Gasteiger partial charge in [-0.1, -0.05) is 17.3 Å². The normalized spacial score (nSPS) is 15.6. The van der Waals surface area contributed by atoms with Crippen molar-refractivity contribution in [3.05, 3.63) is 40.7 Å². The molecule has 3 rings (SSSR count). The smallest absolute Gasteiger partial charge is 0.278 e. The van der Waals surface area contributed by atoms with Gasteiger partial charge >= 0.3 is 0 Å². The Hall–Kier alpha value is -2.21. The van der Waals surface area contributed by atoms with Crippen LogP contribution in [0.3, 0.4) is 0 Å². The van der Waals surface area contributed by atoms with Crippen LogP contribution in [0.25, 0.3) is 0 Å². The molecule has 0 atom stereocenters. The number of benzene rings is 1. The lowest BCUT2D eigenvalue weighted by Gasteiger charge is -2.23. The van der Waals surface area contributed by atoms with Gasteiger partial charge in [0.15, 0.2) is 5.69 Å². The zero-order valence-electron chi connectivity index (χ0n) is 13.9. The Labute approximate surface area is 136 Å². The number of nitrogens with one attached hydrogen (secondary N) is 2. The van der Waals surface area contributed by atoms with E-state index in [-0.39, 0.29) is 5.91 Å². The van der Waals surface area contributed by atoms with Crippen LogP contribution < -0.4 is 10.6 Å². The van der Waals surface area contributed by atoms with E-state index in [4.69, 9.17) is 0 Å². The Morgan fingerprint density at radius 3 is 2.74 bits per heavy atom. The summed E-state index contributed by atoms with van der Waals surface area (Å²) in [6.45, 7) is 7.86. The minimum absolute atomic E-state index is 0.198. The predicted molar refractivity (Wildman–Crippen MR) is 89.8 cm³/mol. The quantitative estimate of drug-likeness (QED) is 0.912. The van der Waals surface area contributed by atoms with Crippen LogP contribution in [0.5, 0.6) is 0 Å². The Bertz CT molecular complexity index is 716. The number of amides is 1. The van der Waals surface area contributed by atoms with Crippen molar-refractivity contribution in [2.24, 2.45) is 0 Å². The SMILES string of the molecule is Cc1ccc(C)c(NC(=O)c2nnn(C3CCNCC3)c2C)c1. The first-order valence-electron chi connectivity index (χ1n) is 8.07. The summed E-state index contributed by atoms with van der Waals surface area (Å²) in [7, 11) is 0. The van der Waals surface area contributed by atoms with Crippen LogP contribution in [0.15, 0.2) is 18.2 Å². The van der Waals surface area contributed by atoms with Gasteiger partial charge in [0, 0.05) is 5.69 Å². The average Bonchev–Trinajstić information content (AvgIpc) is 2.93. The molecule has 0 aliphatic carbocycles. The minimum Gasteiger partial charge on any atom is -0.320 e. The highest BCUT2D eigenvalue weighted by molar-refractivity contribution is 6.03. The molecule has 2 aromatic rings. The van der Waals surface area contributed by atoms with Gasteiger partial charge in [-0.15, -0.1) is 5.10 Å². The average molecular weight is 313 g/mol. The van der Waals surface area contributed by atoms with E-state index in [0.717, 1.165) is 48.4 Å². The molecule has 1 fully saturated rings. The fourth-order valence-corrected chi connectivity index (χ4v) is 3.00. The summed E-state index contributed by atoms with van der Waals surface area (Å²) in [5.41, 5.74) is 4.21. The summed E-state index contributed by atoms with van der Waals surface area (Å²) >= 11 is 0. The van der Waals surface area contributed by atoms with Gasteiger partial charge in [-0.05, 0) is 63.9 Å². The molecule has 23 heavy (non-hydrogen) atoms. The Morgan fingerprint density at radius 1 is 1.26 bits per heavy atom. The first kappa shape index (κ1) is 15.7. The summed E-state index contributed by atoms with van der Waals surface area (Å²) in [5, 5.41) is 14.6. The molecule has 1 aromatic heterocycles. The summed E-state index contributed by atoms with van der Waals surface area (Å²) in [4.78, 5) is 12.6. The molecule has 1 aliphatic heterocycles. The summed E-state index contributed by atoms with van der Waals surface area (Å²) in [6.07, 6.45) is 2.03. The molecular formula is C17H23N5O. The number of piperidine rings is 1. The summed E-state index contributed by atoms with van der Waals surface area (Å²) in [5.74, 6) is -0.198. The number of nitrogens with zero attached hydrogens (tertiary/aromatic N) is 3. The van der Waals surface area contributed by atoms with Gasteiger partial charge in [0.2, 0.25) is 0 Å². The van der Waals surface area contributed by atoms with Crippen molar-refractivity contribution >= 4 is 11.6 Å². The molecule has 6 nitrogen and oxygen atoms in total. The van der Waals surface area contributed by atoms with Gasteiger partial charge in [-0.25, -0.2) is 4.68 Å². The fraction of sp³-hybridized carbons (Fsp3) is 0.471. The summed E-state index contributed by atoms with van der Waals surface area (Å²) < 4.78 is 1.90. The van der Waals surface area contributed by atoms with E-state index < -0.39 is 0 Å². The number of carbonyl (C=O) groups excluding carboxylic acids is 1. The molecule has 1 aliphatic rings. The first-order chi connectivity index (χ1) is 11.1. The molecule has 0 spiro atoms. The molecular weight excluding hydrogens is 290 g/mol. The maximum absolute atomic E-state index is 12.6. The Kier molecular flexibility index (Phi) is 4.43. The topological polar surface area (TPSA) is 71.8 Å². The molecule has 0 saturated carbocycles. The van der Waals surface area contributed by atoms with Crippen molar-refractivity contribution in [2.45, 2.75) is 39.7 Å². The van der Waals surface area contributed by atoms with Crippen molar-refractivity contribution < 1.29 is 4.79 Å². The molecule has 2 N–H and O–H groups in total. The van der Waals surface area contributed by atoms with Crippen molar-refractivity contribution in [3.63, 3.8) is 0 Å². The van der Waals surface area contributed by atoms with E-state index >= 15 is 0 Å². The van der Waals surface area contributed by atoms with Gasteiger partial charge in [-0.2, -0.15) is 0 Å². The van der Waals surface area contributed by atoms with Gasteiger partial charge in [-0.3, -0.25) is 4.79 Å². The molecule has 1 saturated heterocycles. The van der Waals surface area contributed by atoms with Crippen molar-refractivity contribution in [1.82, 2.24) is 20.3 Å². The minimum atomic E-state index is -0.198. The second-order valence-corrected chi connectivity index (χ2v) is 6.22. The van der Waals surface area contributed by atoms with E-state index in [1.165, 1.54) is 0 Å². The molecule has 0 radical (unpaired) electrons. The second kappa shape index (κ2) is 6.50. The lowest BCUT2D eigenvalue weighted by atomic mass is 10.1. The fourth-order valence-electron chi connectivity index (χ4n) is 3.00. The highest BCUT2D eigenvalue weighted by Crippen LogP contribution is 2.22. The van der Waals surface area contributed by atoms with Gasteiger partial charge < -0.3 is 10.6 Å². The molecule has 0 bridgehead atoms. The van der Waals surface area contributed by atoms with Crippen LogP contribution >= 0.6 is 0 Å². The maximum Gasteiger partial charge on any atom is 0.278 e. The van der Waals surface area contributed by atoms with Gasteiger partial charge in [0.25, 0.3) is 5.91 Å². The maximum atomic E-state index is 12.6. The van der Waals surface area contributed by atoms with E-state index in [2.05, 4.69) is 20.9 Å². The monoisotopic (exact) mass is 313 g/mol. The number of hydrogen-bond acceptors (Lipinski definition) is 4. The van der Waals surface area contributed by atoms with Crippen LogP contribution in [0.4, 0.5) is 5.69 Å².